The van der Waals surface area contributed by atoms with Crippen molar-refractivity contribution in [2.24, 2.45) is 5.92 Å². The van der Waals surface area contributed by atoms with E-state index < -0.39 is 5.60 Å². The molecule has 8 nitrogen and oxygen atoms in total. The van der Waals surface area contributed by atoms with E-state index in [0.717, 1.165) is 0 Å². The number of likely N-dealkylation sites (tertiary alicyclic amines) is 1. The molecule has 0 atom stereocenters. The van der Waals surface area contributed by atoms with Crippen LogP contribution in [0, 0.1) is 5.92 Å². The van der Waals surface area contributed by atoms with Gasteiger partial charge >= 0.3 is 6.09 Å². The van der Waals surface area contributed by atoms with E-state index in [9.17, 15) is 9.59 Å². The summed E-state index contributed by atoms with van der Waals surface area (Å²) in [5.41, 5.74) is -0.489. The van der Waals surface area contributed by atoms with Crippen LogP contribution in [0.5, 0.6) is 0 Å². The fourth-order valence-electron chi connectivity index (χ4n) is 1.96. The van der Waals surface area contributed by atoms with Gasteiger partial charge in [0.25, 0.3) is 11.7 Å². The van der Waals surface area contributed by atoms with E-state index >= 15 is 0 Å². The molecule has 1 aliphatic heterocycles. The lowest BCUT2D eigenvalue weighted by Crippen LogP contribution is -2.52. The van der Waals surface area contributed by atoms with Gasteiger partial charge < -0.3 is 19.5 Å². The lowest BCUT2D eigenvalue weighted by atomic mass is 9.97. The van der Waals surface area contributed by atoms with E-state index in [0.29, 0.717) is 25.4 Å². The predicted octanol–water partition coefficient (Wildman–Crippen LogP) is 0.839. The molecule has 2 amide bonds. The van der Waals surface area contributed by atoms with Gasteiger partial charge in [0, 0.05) is 32.5 Å². The van der Waals surface area contributed by atoms with Gasteiger partial charge in [-0.1, -0.05) is 5.16 Å². The Labute approximate surface area is 122 Å². The van der Waals surface area contributed by atoms with Gasteiger partial charge in [-0.2, -0.15) is 4.98 Å². The molecule has 0 spiro atoms. The zero-order valence-corrected chi connectivity index (χ0v) is 12.7. The molecule has 1 aliphatic rings. The third-order valence-corrected chi connectivity index (χ3v) is 2.97. The van der Waals surface area contributed by atoms with Crippen molar-refractivity contribution in [1.82, 2.24) is 20.4 Å². The molecular weight excluding hydrogens is 276 g/mol. The Bertz CT molecular complexity index is 529. The van der Waals surface area contributed by atoms with E-state index in [4.69, 9.17) is 9.26 Å². The molecule has 1 fully saturated rings. The molecule has 1 saturated heterocycles. The van der Waals surface area contributed by atoms with Crippen LogP contribution in [0.25, 0.3) is 0 Å². The van der Waals surface area contributed by atoms with Crippen LogP contribution in [0.2, 0.25) is 0 Å². The molecule has 0 unspecified atom stereocenters. The maximum atomic E-state index is 11.8. The third-order valence-electron chi connectivity index (χ3n) is 2.97. The number of ether oxygens (including phenoxy) is 1. The Morgan fingerprint density at radius 3 is 2.67 bits per heavy atom. The van der Waals surface area contributed by atoms with Gasteiger partial charge in [-0.25, -0.2) is 4.79 Å². The summed E-state index contributed by atoms with van der Waals surface area (Å²) >= 11 is 0. The third kappa shape index (κ3) is 3.93. The quantitative estimate of drug-likeness (QED) is 0.887. The first-order valence-corrected chi connectivity index (χ1v) is 6.81. The fourth-order valence-corrected chi connectivity index (χ4v) is 1.96. The van der Waals surface area contributed by atoms with Crippen LogP contribution >= 0.6 is 0 Å². The van der Waals surface area contributed by atoms with Gasteiger partial charge in [0.15, 0.2) is 0 Å². The molecule has 116 valence electrons. The van der Waals surface area contributed by atoms with Gasteiger partial charge in [0.05, 0.1) is 0 Å². The van der Waals surface area contributed by atoms with Crippen molar-refractivity contribution in [3.05, 3.63) is 11.7 Å². The van der Waals surface area contributed by atoms with E-state index in [1.165, 1.54) is 7.05 Å². The second-order valence-corrected chi connectivity index (χ2v) is 6.05. The zero-order valence-electron chi connectivity index (χ0n) is 12.7. The highest BCUT2D eigenvalue weighted by molar-refractivity contribution is 5.89. The second kappa shape index (κ2) is 5.71. The highest BCUT2D eigenvalue weighted by Crippen LogP contribution is 2.22. The molecule has 0 aliphatic carbocycles. The topological polar surface area (TPSA) is 97.6 Å². The SMILES string of the molecule is CNC(=O)c1noc(CC2CN(C(=O)OC(C)(C)C)C2)n1. The minimum Gasteiger partial charge on any atom is -0.444 e. The highest BCUT2D eigenvalue weighted by Gasteiger charge is 2.34. The summed E-state index contributed by atoms with van der Waals surface area (Å²) in [7, 11) is 1.50. The van der Waals surface area contributed by atoms with Gasteiger partial charge in [0.2, 0.25) is 5.89 Å². The first kappa shape index (κ1) is 15.3. The van der Waals surface area contributed by atoms with Crippen LogP contribution in [0.15, 0.2) is 4.52 Å². The normalized spacial score (nSPS) is 15.5. The van der Waals surface area contributed by atoms with Crippen LogP contribution in [-0.4, -0.2) is 52.8 Å². The monoisotopic (exact) mass is 296 g/mol. The van der Waals surface area contributed by atoms with E-state index in [1.54, 1.807) is 4.90 Å². The fraction of sp³-hybridized carbons (Fsp3) is 0.692. The summed E-state index contributed by atoms with van der Waals surface area (Å²) in [5, 5.41) is 6.02. The molecular formula is C13H20N4O4. The van der Waals surface area contributed by atoms with Crippen molar-refractivity contribution < 1.29 is 18.8 Å². The van der Waals surface area contributed by atoms with E-state index in [1.807, 2.05) is 20.8 Å². The smallest absolute Gasteiger partial charge is 0.410 e. The number of hydrogen-bond donors (Lipinski definition) is 1. The van der Waals surface area contributed by atoms with Crippen LogP contribution in [0.1, 0.15) is 37.3 Å². The van der Waals surface area contributed by atoms with Crippen molar-refractivity contribution in [2.45, 2.75) is 32.8 Å². The van der Waals surface area contributed by atoms with Crippen molar-refractivity contribution in [2.75, 3.05) is 20.1 Å². The van der Waals surface area contributed by atoms with Crippen molar-refractivity contribution in [3.63, 3.8) is 0 Å². The van der Waals surface area contributed by atoms with Crippen LogP contribution in [-0.2, 0) is 11.2 Å². The Kier molecular flexibility index (Phi) is 4.15. The average Bonchev–Trinajstić information content (AvgIpc) is 2.78. The molecule has 0 saturated carbocycles. The number of rotatable bonds is 3. The molecule has 1 N–H and O–H groups in total. The average molecular weight is 296 g/mol. The van der Waals surface area contributed by atoms with Gasteiger partial charge in [-0.05, 0) is 20.8 Å². The molecule has 0 aromatic carbocycles. The van der Waals surface area contributed by atoms with E-state index in [-0.39, 0.29) is 23.7 Å². The standard InChI is InChI=1S/C13H20N4O4/c1-13(2,3)20-12(19)17-6-8(7-17)5-9-15-10(16-21-9)11(18)14-4/h8H,5-7H2,1-4H3,(H,14,18). The lowest BCUT2D eigenvalue weighted by molar-refractivity contribution is -0.00187. The number of hydrogen-bond acceptors (Lipinski definition) is 6. The molecule has 0 radical (unpaired) electrons. The van der Waals surface area contributed by atoms with Crippen LogP contribution in [0.4, 0.5) is 4.79 Å². The predicted molar refractivity (Wildman–Crippen MR) is 72.7 cm³/mol. The minimum absolute atomic E-state index is 0.0239. The Hall–Kier alpha value is -2.12. The molecule has 1 aromatic heterocycles. The summed E-state index contributed by atoms with van der Waals surface area (Å²) in [6.07, 6.45) is 0.235. The number of amides is 2. The first-order chi connectivity index (χ1) is 9.78. The van der Waals surface area contributed by atoms with Crippen molar-refractivity contribution >= 4 is 12.0 Å². The summed E-state index contributed by atoms with van der Waals surface area (Å²) in [4.78, 5) is 28.7. The zero-order chi connectivity index (χ0) is 15.6. The summed E-state index contributed by atoms with van der Waals surface area (Å²) in [6, 6.07) is 0. The first-order valence-electron chi connectivity index (χ1n) is 6.81. The van der Waals surface area contributed by atoms with E-state index in [2.05, 4.69) is 15.5 Å². The molecule has 8 heteroatoms. The molecule has 1 aromatic rings. The van der Waals surface area contributed by atoms with Gasteiger partial charge in [-0.3, -0.25) is 4.79 Å². The Balaban J connectivity index is 1.79. The number of carbonyl (C=O) groups is 2. The van der Waals surface area contributed by atoms with Crippen LogP contribution < -0.4 is 5.32 Å². The summed E-state index contributed by atoms with van der Waals surface area (Å²) in [5.74, 6) is 0.294. The number of carbonyl (C=O) groups excluding carboxylic acids is 2. The summed E-state index contributed by atoms with van der Waals surface area (Å²) in [6.45, 7) is 6.68. The Morgan fingerprint density at radius 1 is 1.43 bits per heavy atom. The van der Waals surface area contributed by atoms with Gasteiger partial charge in [-0.15, -0.1) is 0 Å². The molecule has 0 bridgehead atoms. The molecule has 21 heavy (non-hydrogen) atoms. The molecule has 2 heterocycles. The van der Waals surface area contributed by atoms with Gasteiger partial charge in [0.1, 0.15) is 5.60 Å². The lowest BCUT2D eigenvalue weighted by Gasteiger charge is -2.39. The van der Waals surface area contributed by atoms with Crippen molar-refractivity contribution in [3.8, 4) is 0 Å². The number of nitrogens with one attached hydrogen (secondary N) is 1. The molecule has 2 rings (SSSR count). The Morgan fingerprint density at radius 2 is 2.10 bits per heavy atom. The second-order valence-electron chi connectivity index (χ2n) is 6.05. The maximum absolute atomic E-state index is 11.8. The van der Waals surface area contributed by atoms with Crippen LogP contribution in [0.3, 0.4) is 0 Å². The number of nitrogens with zero attached hydrogens (tertiary/aromatic N) is 3. The minimum atomic E-state index is -0.489. The maximum Gasteiger partial charge on any atom is 0.410 e. The highest BCUT2D eigenvalue weighted by atomic mass is 16.6. The largest absolute Gasteiger partial charge is 0.444 e. The van der Waals surface area contributed by atoms with Crippen molar-refractivity contribution in [1.29, 1.82) is 0 Å². The number of aromatic nitrogens is 2. The summed E-state index contributed by atoms with van der Waals surface area (Å²) < 4.78 is 10.3.